The van der Waals surface area contributed by atoms with Crippen molar-refractivity contribution in [2.45, 2.75) is 39.2 Å². The Morgan fingerprint density at radius 2 is 1.97 bits per heavy atom. The molecule has 0 spiro atoms. The lowest BCUT2D eigenvalue weighted by Crippen LogP contribution is -2.49. The van der Waals surface area contributed by atoms with Gasteiger partial charge in [0.2, 0.25) is 5.91 Å². The molecule has 1 heterocycles. The van der Waals surface area contributed by atoms with E-state index in [4.69, 9.17) is 33.3 Å². The summed E-state index contributed by atoms with van der Waals surface area (Å²) in [5.41, 5.74) is 0.126. The quantitative estimate of drug-likeness (QED) is 0.205. The zero-order chi connectivity index (χ0) is 24.8. The lowest BCUT2D eigenvalue weighted by molar-refractivity contribution is -0.155. The van der Waals surface area contributed by atoms with Gasteiger partial charge in [-0.15, -0.1) is 0 Å². The maximum absolute atomic E-state index is 13.6. The monoisotopic (exact) mass is 516 g/mol. The summed E-state index contributed by atoms with van der Waals surface area (Å²) in [7, 11) is -0.687. The largest absolute Gasteiger partial charge is 0.459 e. The summed E-state index contributed by atoms with van der Waals surface area (Å²) < 4.78 is 11.4. The Kier molecular flexibility index (Phi) is 10.0. The molecule has 1 unspecified atom stereocenters. The highest BCUT2D eigenvalue weighted by atomic mass is 35.5. The molecule has 186 valence electrons. The summed E-state index contributed by atoms with van der Waals surface area (Å²) in [5, 5.41) is 0.556. The van der Waals surface area contributed by atoms with Crippen LogP contribution in [0.3, 0.4) is 0 Å². The molecule has 1 amide bonds. The zero-order valence-corrected chi connectivity index (χ0v) is 22.9. The van der Waals surface area contributed by atoms with E-state index >= 15 is 0 Å². The maximum atomic E-state index is 13.6. The molecular weight excluding hydrogens is 480 g/mol. The van der Waals surface area contributed by atoms with E-state index < -0.39 is 15.6 Å². The van der Waals surface area contributed by atoms with E-state index in [-0.39, 0.29) is 31.1 Å². The molecule has 1 aromatic carbocycles. The van der Waals surface area contributed by atoms with Crippen LogP contribution in [0.25, 0.3) is 0 Å². The fraction of sp³-hybridized carbons (Fsp3) is 0.625. The van der Waals surface area contributed by atoms with Gasteiger partial charge < -0.3 is 14.4 Å². The first kappa shape index (κ1) is 27.9. The minimum Gasteiger partial charge on any atom is -0.459 e. The second kappa shape index (κ2) is 11.9. The van der Waals surface area contributed by atoms with Gasteiger partial charge in [0.1, 0.15) is 18.9 Å². The number of benzene rings is 1. The molecule has 0 saturated carbocycles. The molecule has 0 N–H and O–H groups in total. The van der Waals surface area contributed by atoms with Crippen molar-refractivity contribution in [3.63, 3.8) is 0 Å². The molecular formula is C24H37ClN2O4S2. The van der Waals surface area contributed by atoms with Crippen LogP contribution in [0.5, 0.6) is 0 Å². The Morgan fingerprint density at radius 1 is 1.27 bits per heavy atom. The number of nitrogens with zero attached hydrogens (tertiary/aromatic N) is 2. The molecule has 1 aliphatic rings. The fourth-order valence-corrected chi connectivity index (χ4v) is 4.45. The predicted molar refractivity (Wildman–Crippen MR) is 143 cm³/mol. The average molecular weight is 517 g/mol. The summed E-state index contributed by atoms with van der Waals surface area (Å²) in [5.74, 6) is 0.246. The zero-order valence-electron chi connectivity index (χ0n) is 20.6. The van der Waals surface area contributed by atoms with E-state index in [1.54, 1.807) is 21.9 Å². The second-order valence-electron chi connectivity index (χ2n) is 10.2. The number of hydrogen-bond acceptors (Lipinski definition) is 5. The molecule has 1 fully saturated rings. The summed E-state index contributed by atoms with van der Waals surface area (Å²) in [6, 6.07) is 7.22. The van der Waals surface area contributed by atoms with E-state index in [1.165, 1.54) is 0 Å². The number of ether oxygens (including phenoxy) is 2. The molecule has 0 aromatic heterocycles. The number of hydrogen-bond donors (Lipinski definition) is 0. The number of rotatable bonds is 9. The van der Waals surface area contributed by atoms with Crippen molar-refractivity contribution in [1.82, 2.24) is 4.90 Å². The second-order valence-corrected chi connectivity index (χ2v) is 15.7. The molecule has 33 heavy (non-hydrogen) atoms. The summed E-state index contributed by atoms with van der Waals surface area (Å²) in [6.07, 6.45) is 7.92. The van der Waals surface area contributed by atoms with Gasteiger partial charge in [0.15, 0.2) is 0 Å². The molecule has 1 atom stereocenters. The SMILES string of the molecule is CC(C)(C)OC(=O)CN1CC(C(=O)N(COCCS(C)(C)C)c2cccc(Cl)c2)CCC1=S. The van der Waals surface area contributed by atoms with Crippen LogP contribution in [-0.4, -0.2) is 78.3 Å². The number of anilines is 1. The summed E-state index contributed by atoms with van der Waals surface area (Å²) in [6.45, 7) is 6.65. The number of likely N-dealkylation sites (tertiary alicyclic amines) is 1. The highest BCUT2D eigenvalue weighted by Crippen LogP contribution is 2.33. The van der Waals surface area contributed by atoms with E-state index in [0.29, 0.717) is 41.7 Å². The van der Waals surface area contributed by atoms with E-state index in [0.717, 1.165) is 5.75 Å². The van der Waals surface area contributed by atoms with Crippen molar-refractivity contribution >= 4 is 56.4 Å². The van der Waals surface area contributed by atoms with Crippen LogP contribution in [0.2, 0.25) is 5.02 Å². The van der Waals surface area contributed by atoms with Crippen LogP contribution in [0, 0.1) is 5.92 Å². The predicted octanol–water partition coefficient (Wildman–Crippen LogP) is 4.72. The van der Waals surface area contributed by atoms with Crippen LogP contribution in [0.4, 0.5) is 5.69 Å². The standard InChI is InChI=1S/C24H37ClN2O4S2/c1-24(2,3)31-22(28)16-26-15-18(10-11-21(26)32)23(29)27(17-30-12-13-33(4,5)6)20-9-7-8-19(25)14-20/h7-9,14,18H,10-13,15-17H2,1-6H3. The van der Waals surface area contributed by atoms with E-state index in [2.05, 4.69) is 18.8 Å². The molecule has 1 saturated heterocycles. The van der Waals surface area contributed by atoms with E-state index in [1.807, 2.05) is 32.9 Å². The Bertz CT molecular complexity index is 852. The number of piperidine rings is 1. The molecule has 1 aliphatic heterocycles. The molecule has 0 aliphatic carbocycles. The number of carbonyl (C=O) groups excluding carboxylic acids is 2. The van der Waals surface area contributed by atoms with E-state index in [9.17, 15) is 9.59 Å². The Balaban J connectivity index is 2.11. The normalized spacial score (nSPS) is 17.6. The third-order valence-corrected chi connectivity index (χ3v) is 7.12. The summed E-state index contributed by atoms with van der Waals surface area (Å²) >= 11 is 11.7. The van der Waals surface area contributed by atoms with Crippen molar-refractivity contribution in [2.24, 2.45) is 5.92 Å². The van der Waals surface area contributed by atoms with Gasteiger partial charge in [0.05, 0.1) is 17.5 Å². The number of halogens is 1. The highest BCUT2D eigenvalue weighted by Gasteiger charge is 2.33. The Hall–Kier alpha value is -1.35. The molecule has 0 bridgehead atoms. The molecule has 6 nitrogen and oxygen atoms in total. The van der Waals surface area contributed by atoms with Gasteiger partial charge in [0, 0.05) is 23.0 Å². The van der Waals surface area contributed by atoms with Gasteiger partial charge in [-0.1, -0.05) is 29.9 Å². The third kappa shape index (κ3) is 9.81. The lowest BCUT2D eigenvalue weighted by atomic mass is 9.96. The maximum Gasteiger partial charge on any atom is 0.326 e. The van der Waals surface area contributed by atoms with Gasteiger partial charge in [-0.05, 0) is 70.6 Å². The van der Waals surface area contributed by atoms with Gasteiger partial charge >= 0.3 is 5.97 Å². The number of carbonyl (C=O) groups is 2. The topological polar surface area (TPSA) is 59.1 Å². The number of esters is 1. The van der Waals surface area contributed by atoms with Crippen molar-refractivity contribution in [2.75, 3.05) is 55.8 Å². The molecule has 2 rings (SSSR count). The van der Waals surface area contributed by atoms with Crippen LogP contribution in [-0.2, 0) is 19.1 Å². The minimum atomic E-state index is -0.687. The van der Waals surface area contributed by atoms with Crippen LogP contribution >= 0.6 is 33.8 Å². The Labute approximate surface area is 210 Å². The van der Waals surface area contributed by atoms with Crippen LogP contribution in [0.15, 0.2) is 24.3 Å². The molecule has 0 radical (unpaired) electrons. The van der Waals surface area contributed by atoms with Crippen LogP contribution < -0.4 is 4.90 Å². The van der Waals surface area contributed by atoms with Crippen LogP contribution in [0.1, 0.15) is 33.6 Å². The van der Waals surface area contributed by atoms with Gasteiger partial charge in [-0.2, -0.15) is 0 Å². The lowest BCUT2D eigenvalue weighted by Gasteiger charge is -2.36. The third-order valence-electron chi connectivity index (χ3n) is 5.04. The number of thiocarbonyl (C=S) groups is 1. The first-order chi connectivity index (χ1) is 15.2. The van der Waals surface area contributed by atoms with Crippen molar-refractivity contribution < 1.29 is 19.1 Å². The Morgan fingerprint density at radius 3 is 2.58 bits per heavy atom. The van der Waals surface area contributed by atoms with Gasteiger partial charge in [0.25, 0.3) is 0 Å². The van der Waals surface area contributed by atoms with Gasteiger partial charge in [-0.3, -0.25) is 14.5 Å². The van der Waals surface area contributed by atoms with Crippen molar-refractivity contribution in [3.8, 4) is 0 Å². The van der Waals surface area contributed by atoms with Crippen molar-refractivity contribution in [3.05, 3.63) is 29.3 Å². The summed E-state index contributed by atoms with van der Waals surface area (Å²) in [4.78, 5) is 30.1. The first-order valence-corrected chi connectivity index (χ1v) is 14.9. The molecule has 9 heteroatoms. The smallest absolute Gasteiger partial charge is 0.326 e. The van der Waals surface area contributed by atoms with Crippen molar-refractivity contribution in [1.29, 1.82) is 0 Å². The first-order valence-electron chi connectivity index (χ1n) is 11.1. The molecule has 1 aromatic rings. The fourth-order valence-electron chi connectivity index (χ4n) is 3.39. The average Bonchev–Trinajstić information content (AvgIpc) is 2.67. The highest BCUT2D eigenvalue weighted by molar-refractivity contribution is 8.32. The number of amides is 1. The minimum absolute atomic E-state index is 0.0436. The van der Waals surface area contributed by atoms with Gasteiger partial charge in [-0.25, -0.2) is 10.0 Å².